The molecule has 4 rings (SSSR count). The van der Waals surface area contributed by atoms with Gasteiger partial charge in [0.2, 0.25) is 5.75 Å². The molecule has 2 bridgehead atoms. The zero-order chi connectivity index (χ0) is 19.1. The molecule has 4 unspecified atom stereocenters. The second-order valence-electron chi connectivity index (χ2n) is 6.63. The Kier molecular flexibility index (Phi) is 3.96. The van der Waals surface area contributed by atoms with Gasteiger partial charge in [-0.3, -0.25) is 19.7 Å². The minimum Gasteiger partial charge on any atom is -0.471 e. The number of nitrogens with zero attached hydrogens (tertiary/aromatic N) is 4. The average molecular weight is 366 g/mol. The van der Waals surface area contributed by atoms with Gasteiger partial charge in [0.15, 0.2) is 6.61 Å². The molecule has 136 valence electrons. The largest absolute Gasteiger partial charge is 0.471 e. The number of nitro groups is 1. The van der Waals surface area contributed by atoms with Crippen LogP contribution in [0.4, 0.5) is 5.69 Å². The summed E-state index contributed by atoms with van der Waals surface area (Å²) in [6, 6.07) is 5.93. The Labute approximate surface area is 153 Å². The van der Waals surface area contributed by atoms with Crippen molar-refractivity contribution in [2.45, 2.75) is 6.42 Å². The Bertz CT molecular complexity index is 918. The molecular weight excluding hydrogens is 352 g/mol. The SMILES string of the molecule is N#CCOc1c(C=NN2C(=O)C3C4C=CC(C4)C3C2=O)cccc1[N+](=O)[O-]. The van der Waals surface area contributed by atoms with Gasteiger partial charge in [-0.15, -0.1) is 0 Å². The Morgan fingerprint density at radius 2 is 1.96 bits per heavy atom. The number of fused-ring (bicyclic) bond motifs is 5. The van der Waals surface area contributed by atoms with E-state index in [9.17, 15) is 19.7 Å². The van der Waals surface area contributed by atoms with Crippen molar-refractivity contribution in [2.75, 3.05) is 6.61 Å². The van der Waals surface area contributed by atoms with Gasteiger partial charge in [-0.25, -0.2) is 0 Å². The summed E-state index contributed by atoms with van der Waals surface area (Å²) >= 11 is 0. The lowest BCUT2D eigenvalue weighted by atomic mass is 9.85. The third-order valence-electron chi connectivity index (χ3n) is 5.26. The van der Waals surface area contributed by atoms with Gasteiger partial charge in [0.05, 0.1) is 23.0 Å². The molecule has 0 N–H and O–H groups in total. The van der Waals surface area contributed by atoms with E-state index in [0.29, 0.717) is 0 Å². The van der Waals surface area contributed by atoms with Crippen molar-refractivity contribution in [1.29, 1.82) is 5.26 Å². The van der Waals surface area contributed by atoms with Crippen LogP contribution >= 0.6 is 0 Å². The van der Waals surface area contributed by atoms with Crippen molar-refractivity contribution in [3.63, 3.8) is 0 Å². The van der Waals surface area contributed by atoms with Crippen molar-refractivity contribution >= 4 is 23.7 Å². The molecule has 2 aliphatic carbocycles. The number of hydrazone groups is 1. The van der Waals surface area contributed by atoms with Crippen molar-refractivity contribution in [2.24, 2.45) is 28.8 Å². The average Bonchev–Trinajstić information content (AvgIpc) is 3.33. The number of benzene rings is 1. The Balaban J connectivity index is 1.63. The van der Waals surface area contributed by atoms with Gasteiger partial charge in [-0.2, -0.15) is 15.4 Å². The van der Waals surface area contributed by atoms with Crippen LogP contribution in [0.25, 0.3) is 0 Å². The first-order valence-corrected chi connectivity index (χ1v) is 8.40. The second-order valence-corrected chi connectivity index (χ2v) is 6.63. The highest BCUT2D eigenvalue weighted by molar-refractivity contribution is 6.07. The lowest BCUT2D eigenvalue weighted by Crippen LogP contribution is -2.28. The summed E-state index contributed by atoms with van der Waals surface area (Å²) in [6.07, 6.45) is 5.98. The quantitative estimate of drug-likeness (QED) is 0.256. The minimum atomic E-state index is -0.635. The maximum Gasteiger partial charge on any atom is 0.311 e. The third-order valence-corrected chi connectivity index (χ3v) is 5.26. The highest BCUT2D eigenvalue weighted by atomic mass is 16.6. The summed E-state index contributed by atoms with van der Waals surface area (Å²) in [5.41, 5.74) is -0.120. The Morgan fingerprint density at radius 1 is 1.30 bits per heavy atom. The normalized spacial score (nSPS) is 28.0. The Morgan fingerprint density at radius 3 is 2.56 bits per heavy atom. The smallest absolute Gasteiger partial charge is 0.311 e. The van der Waals surface area contributed by atoms with Crippen molar-refractivity contribution < 1.29 is 19.2 Å². The van der Waals surface area contributed by atoms with E-state index in [1.807, 2.05) is 12.2 Å². The van der Waals surface area contributed by atoms with Gasteiger partial charge in [0.1, 0.15) is 6.07 Å². The molecule has 9 nitrogen and oxygen atoms in total. The first kappa shape index (κ1) is 16.9. The van der Waals surface area contributed by atoms with Crippen LogP contribution in [0, 0.1) is 45.1 Å². The molecule has 3 aliphatic rings. The summed E-state index contributed by atoms with van der Waals surface area (Å²) < 4.78 is 5.17. The number of amides is 2. The maximum absolute atomic E-state index is 12.6. The third kappa shape index (κ3) is 2.57. The van der Waals surface area contributed by atoms with Gasteiger partial charge in [-0.1, -0.05) is 18.2 Å². The predicted molar refractivity (Wildman–Crippen MR) is 91.4 cm³/mol. The van der Waals surface area contributed by atoms with Crippen LogP contribution < -0.4 is 4.74 Å². The van der Waals surface area contributed by atoms with Crippen molar-refractivity contribution in [3.05, 3.63) is 46.0 Å². The van der Waals surface area contributed by atoms with Crippen LogP contribution in [0.2, 0.25) is 0 Å². The molecule has 1 aromatic rings. The van der Waals surface area contributed by atoms with Crippen LogP contribution in [0.15, 0.2) is 35.5 Å². The number of carbonyl (C=O) groups excluding carboxylic acids is 2. The van der Waals surface area contributed by atoms with Gasteiger partial charge in [0.25, 0.3) is 11.8 Å². The molecule has 0 aromatic heterocycles. The second kappa shape index (κ2) is 6.32. The minimum absolute atomic E-state index is 0.0731. The molecule has 1 heterocycles. The van der Waals surface area contributed by atoms with Crippen LogP contribution in [0.3, 0.4) is 0 Å². The van der Waals surface area contributed by atoms with Crippen LogP contribution in [0.1, 0.15) is 12.0 Å². The van der Waals surface area contributed by atoms with Crippen LogP contribution in [0.5, 0.6) is 5.75 Å². The number of hydrogen-bond acceptors (Lipinski definition) is 7. The van der Waals surface area contributed by atoms with E-state index in [4.69, 9.17) is 10.00 Å². The number of para-hydroxylation sites is 1. The molecule has 1 saturated carbocycles. The van der Waals surface area contributed by atoms with Crippen LogP contribution in [-0.4, -0.2) is 34.6 Å². The monoisotopic (exact) mass is 366 g/mol. The first-order valence-electron chi connectivity index (χ1n) is 8.40. The number of carbonyl (C=O) groups is 2. The molecule has 4 atom stereocenters. The summed E-state index contributed by atoms with van der Waals surface area (Å²) in [6.45, 7) is -0.382. The van der Waals surface area contributed by atoms with Crippen molar-refractivity contribution in [1.82, 2.24) is 5.01 Å². The maximum atomic E-state index is 12.6. The molecule has 2 amide bonds. The van der Waals surface area contributed by atoms with E-state index in [2.05, 4.69) is 5.10 Å². The number of imide groups is 1. The molecule has 2 fully saturated rings. The molecule has 0 radical (unpaired) electrons. The van der Waals surface area contributed by atoms with Gasteiger partial charge in [0, 0.05) is 11.6 Å². The van der Waals surface area contributed by atoms with Gasteiger partial charge in [-0.05, 0) is 24.3 Å². The summed E-state index contributed by atoms with van der Waals surface area (Å²) in [5.74, 6) is -1.42. The molecule has 1 aromatic carbocycles. The van der Waals surface area contributed by atoms with E-state index in [-0.39, 0.29) is 59.1 Å². The number of allylic oxidation sites excluding steroid dienone is 2. The zero-order valence-corrected chi connectivity index (χ0v) is 14.0. The standard InChI is InChI=1S/C18H14N4O5/c19-6-7-27-16-12(2-1-3-13(16)22(25)26)9-20-21-17(23)14-10-4-5-11(8-10)15(14)18(21)24/h1-5,9-11,14-15H,7-8H2. The molecule has 1 aliphatic heterocycles. The van der Waals surface area contributed by atoms with E-state index < -0.39 is 4.92 Å². The van der Waals surface area contributed by atoms with Gasteiger partial charge < -0.3 is 4.74 Å². The molecule has 27 heavy (non-hydrogen) atoms. The molecule has 9 heteroatoms. The Hall–Kier alpha value is -3.54. The number of rotatable bonds is 5. The fraction of sp³-hybridized carbons (Fsp3) is 0.333. The number of hydrogen-bond donors (Lipinski definition) is 0. The van der Waals surface area contributed by atoms with Gasteiger partial charge >= 0.3 is 5.69 Å². The molecular formula is C18H14N4O5. The fourth-order valence-corrected chi connectivity index (χ4v) is 4.17. The summed E-state index contributed by atoms with van der Waals surface area (Å²) in [5, 5.41) is 24.7. The molecule has 0 spiro atoms. The van der Waals surface area contributed by atoms with E-state index >= 15 is 0 Å². The molecule has 1 saturated heterocycles. The van der Waals surface area contributed by atoms with Crippen molar-refractivity contribution in [3.8, 4) is 11.8 Å². The van der Waals surface area contributed by atoms with E-state index in [1.165, 1.54) is 24.4 Å². The lowest BCUT2D eigenvalue weighted by Gasteiger charge is -2.13. The van der Waals surface area contributed by atoms with E-state index in [1.54, 1.807) is 6.07 Å². The van der Waals surface area contributed by atoms with Crippen LogP contribution in [-0.2, 0) is 9.59 Å². The highest BCUT2D eigenvalue weighted by Gasteiger charge is 2.59. The highest BCUT2D eigenvalue weighted by Crippen LogP contribution is 2.52. The summed E-state index contributed by atoms with van der Waals surface area (Å²) in [4.78, 5) is 35.8. The summed E-state index contributed by atoms with van der Waals surface area (Å²) in [7, 11) is 0. The number of ether oxygens (including phenoxy) is 1. The number of nitriles is 1. The predicted octanol–water partition coefficient (Wildman–Crippen LogP) is 1.64. The topological polar surface area (TPSA) is 126 Å². The first-order chi connectivity index (χ1) is 13.0. The lowest BCUT2D eigenvalue weighted by molar-refractivity contribution is -0.385. The zero-order valence-electron chi connectivity index (χ0n) is 14.0. The number of nitro benzene ring substituents is 1. The fourth-order valence-electron chi connectivity index (χ4n) is 4.17. The van der Waals surface area contributed by atoms with E-state index in [0.717, 1.165) is 11.4 Å².